The van der Waals surface area contributed by atoms with Crippen LogP contribution in [0.2, 0.25) is 0 Å². The molecule has 0 unspecified atom stereocenters. The van der Waals surface area contributed by atoms with Crippen LogP contribution in [0.25, 0.3) is 0 Å². The van der Waals surface area contributed by atoms with E-state index in [1.54, 1.807) is 13.0 Å². The van der Waals surface area contributed by atoms with Crippen molar-refractivity contribution in [3.63, 3.8) is 0 Å². The topological polar surface area (TPSA) is 64.4 Å². The molecule has 0 radical (unpaired) electrons. The zero-order chi connectivity index (χ0) is 13.8. The van der Waals surface area contributed by atoms with Crippen molar-refractivity contribution in [3.05, 3.63) is 47.3 Å². The molecular formula is C13H13FN2O3. The fourth-order valence-corrected chi connectivity index (χ4v) is 1.63. The third-order valence-corrected chi connectivity index (χ3v) is 2.56. The molecule has 5 nitrogen and oxygen atoms in total. The second-order valence-corrected chi connectivity index (χ2v) is 3.86. The van der Waals surface area contributed by atoms with E-state index in [9.17, 15) is 9.18 Å². The van der Waals surface area contributed by atoms with E-state index in [0.29, 0.717) is 17.1 Å². The molecule has 19 heavy (non-hydrogen) atoms. The Morgan fingerprint density at radius 2 is 2.37 bits per heavy atom. The largest absolute Gasteiger partial charge is 0.465 e. The molecule has 0 aliphatic rings. The van der Waals surface area contributed by atoms with Gasteiger partial charge in [0, 0.05) is 6.20 Å². The van der Waals surface area contributed by atoms with Crippen molar-refractivity contribution in [1.82, 2.24) is 4.98 Å². The molecular weight excluding hydrogens is 251 g/mol. The number of hydrogen-bond acceptors (Lipinski definition) is 5. The Balaban J connectivity index is 2.09. The Hall–Kier alpha value is -2.37. The molecule has 0 amide bonds. The van der Waals surface area contributed by atoms with E-state index in [-0.39, 0.29) is 12.4 Å². The summed E-state index contributed by atoms with van der Waals surface area (Å²) in [6.07, 6.45) is 1.48. The fraction of sp³-hybridized carbons (Fsp3) is 0.231. The summed E-state index contributed by atoms with van der Waals surface area (Å²) in [5.41, 5.74) is 0.362. The lowest BCUT2D eigenvalue weighted by atomic mass is 10.2. The molecule has 0 saturated carbocycles. The molecule has 6 heteroatoms. The lowest BCUT2D eigenvalue weighted by Gasteiger charge is -2.03. The number of furan rings is 1. The van der Waals surface area contributed by atoms with Crippen LogP contribution >= 0.6 is 0 Å². The zero-order valence-corrected chi connectivity index (χ0v) is 10.6. The quantitative estimate of drug-likeness (QED) is 0.859. The number of nitrogens with one attached hydrogen (secondary N) is 1. The second-order valence-electron chi connectivity index (χ2n) is 3.86. The molecule has 0 saturated heterocycles. The van der Waals surface area contributed by atoms with Crippen molar-refractivity contribution in [2.45, 2.75) is 13.5 Å². The highest BCUT2D eigenvalue weighted by molar-refractivity contribution is 5.90. The fourth-order valence-electron chi connectivity index (χ4n) is 1.63. The van der Waals surface area contributed by atoms with Gasteiger partial charge < -0.3 is 14.5 Å². The number of aromatic nitrogens is 1. The molecule has 100 valence electrons. The minimum atomic E-state index is -0.462. The van der Waals surface area contributed by atoms with Crippen LogP contribution in [0.15, 0.2) is 28.8 Å². The van der Waals surface area contributed by atoms with Gasteiger partial charge in [-0.3, -0.25) is 0 Å². The van der Waals surface area contributed by atoms with E-state index in [1.165, 1.54) is 25.4 Å². The van der Waals surface area contributed by atoms with Crippen molar-refractivity contribution < 1.29 is 18.3 Å². The average Bonchev–Trinajstić information content (AvgIpc) is 2.78. The molecule has 0 fully saturated rings. The lowest BCUT2D eigenvalue weighted by molar-refractivity contribution is 0.0599. The van der Waals surface area contributed by atoms with Crippen LogP contribution in [-0.4, -0.2) is 18.1 Å². The third kappa shape index (κ3) is 2.90. The Morgan fingerprint density at radius 1 is 1.58 bits per heavy atom. The Kier molecular flexibility index (Phi) is 3.79. The number of esters is 1. The zero-order valence-electron chi connectivity index (χ0n) is 10.6. The van der Waals surface area contributed by atoms with Gasteiger partial charge in [-0.1, -0.05) is 0 Å². The van der Waals surface area contributed by atoms with Gasteiger partial charge in [-0.15, -0.1) is 0 Å². The van der Waals surface area contributed by atoms with Crippen LogP contribution in [0.3, 0.4) is 0 Å². The molecule has 0 spiro atoms. The van der Waals surface area contributed by atoms with E-state index >= 15 is 0 Å². The number of halogens is 1. The lowest BCUT2D eigenvalue weighted by Crippen LogP contribution is -2.03. The maximum absolute atomic E-state index is 13.3. The van der Waals surface area contributed by atoms with Gasteiger partial charge in [-0.25, -0.2) is 14.2 Å². The van der Waals surface area contributed by atoms with Crippen molar-refractivity contribution >= 4 is 11.8 Å². The van der Waals surface area contributed by atoms with Gasteiger partial charge in [0.2, 0.25) is 0 Å². The first kappa shape index (κ1) is 13.1. The smallest absolute Gasteiger partial charge is 0.341 e. The van der Waals surface area contributed by atoms with Gasteiger partial charge in [0.05, 0.1) is 13.7 Å². The molecule has 0 aromatic carbocycles. The molecule has 0 bridgehead atoms. The van der Waals surface area contributed by atoms with E-state index in [1.807, 2.05) is 0 Å². The average molecular weight is 264 g/mol. The minimum Gasteiger partial charge on any atom is -0.465 e. The summed E-state index contributed by atoms with van der Waals surface area (Å²) in [5, 5.41) is 2.79. The van der Waals surface area contributed by atoms with Crippen LogP contribution in [0.5, 0.6) is 0 Å². The Labute approximate surface area is 109 Å². The first-order chi connectivity index (χ1) is 9.11. The standard InChI is InChI=1S/C13H13FN2O3/c1-8-10(13(17)18-2)6-9(19-8)7-16-12-11(14)4-3-5-15-12/h3-6H,7H2,1-2H3,(H,15,16). The molecule has 0 atom stereocenters. The first-order valence-electron chi connectivity index (χ1n) is 5.64. The van der Waals surface area contributed by atoms with Gasteiger partial charge in [-0.2, -0.15) is 0 Å². The Bertz CT molecular complexity index is 595. The third-order valence-electron chi connectivity index (χ3n) is 2.56. The first-order valence-corrected chi connectivity index (χ1v) is 5.64. The van der Waals surface area contributed by atoms with E-state index in [2.05, 4.69) is 15.0 Å². The summed E-state index contributed by atoms with van der Waals surface area (Å²) >= 11 is 0. The number of aryl methyl sites for hydroxylation is 1. The number of anilines is 1. The van der Waals surface area contributed by atoms with Gasteiger partial charge in [-0.05, 0) is 25.1 Å². The summed E-state index contributed by atoms with van der Waals surface area (Å²) in [7, 11) is 1.30. The monoisotopic (exact) mass is 264 g/mol. The van der Waals surface area contributed by atoms with Crippen LogP contribution < -0.4 is 5.32 Å². The molecule has 2 aromatic rings. The number of methoxy groups -OCH3 is 1. The normalized spacial score (nSPS) is 10.3. The summed E-state index contributed by atoms with van der Waals surface area (Å²) in [6, 6.07) is 4.38. The summed E-state index contributed by atoms with van der Waals surface area (Å²) in [4.78, 5) is 15.3. The molecule has 2 rings (SSSR count). The molecule has 0 aliphatic carbocycles. The van der Waals surface area contributed by atoms with Crippen molar-refractivity contribution in [3.8, 4) is 0 Å². The summed E-state index contributed by atoms with van der Waals surface area (Å²) in [5.74, 6) is 0.194. The summed E-state index contributed by atoms with van der Waals surface area (Å²) < 4.78 is 23.3. The molecule has 2 aromatic heterocycles. The number of ether oxygens (including phenoxy) is 1. The van der Waals surface area contributed by atoms with Gasteiger partial charge in [0.1, 0.15) is 17.1 Å². The van der Waals surface area contributed by atoms with Crippen LogP contribution in [0, 0.1) is 12.7 Å². The van der Waals surface area contributed by atoms with E-state index < -0.39 is 11.8 Å². The maximum atomic E-state index is 13.3. The predicted molar refractivity (Wildman–Crippen MR) is 66.3 cm³/mol. The van der Waals surface area contributed by atoms with E-state index in [0.717, 1.165) is 0 Å². The highest BCUT2D eigenvalue weighted by atomic mass is 19.1. The number of carbonyl (C=O) groups is 1. The van der Waals surface area contributed by atoms with Crippen molar-refractivity contribution in [2.24, 2.45) is 0 Å². The van der Waals surface area contributed by atoms with Crippen molar-refractivity contribution in [2.75, 3.05) is 12.4 Å². The number of carbonyl (C=O) groups excluding carboxylic acids is 1. The summed E-state index contributed by atoms with van der Waals surface area (Å²) in [6.45, 7) is 1.89. The maximum Gasteiger partial charge on any atom is 0.341 e. The number of pyridine rings is 1. The van der Waals surface area contributed by atoms with Crippen LogP contribution in [0.1, 0.15) is 21.9 Å². The minimum absolute atomic E-state index is 0.135. The molecule has 0 aliphatic heterocycles. The number of rotatable bonds is 4. The highest BCUT2D eigenvalue weighted by Crippen LogP contribution is 2.17. The number of hydrogen-bond donors (Lipinski definition) is 1. The van der Waals surface area contributed by atoms with Gasteiger partial charge in [0.15, 0.2) is 11.6 Å². The second kappa shape index (κ2) is 5.51. The molecule has 2 heterocycles. The van der Waals surface area contributed by atoms with Crippen molar-refractivity contribution in [1.29, 1.82) is 0 Å². The van der Waals surface area contributed by atoms with E-state index in [4.69, 9.17) is 4.42 Å². The van der Waals surface area contributed by atoms with Gasteiger partial charge in [0.25, 0.3) is 0 Å². The predicted octanol–water partition coefficient (Wildman–Crippen LogP) is 2.52. The van der Waals surface area contributed by atoms with Crippen LogP contribution in [-0.2, 0) is 11.3 Å². The van der Waals surface area contributed by atoms with Crippen LogP contribution in [0.4, 0.5) is 10.2 Å². The van der Waals surface area contributed by atoms with Gasteiger partial charge >= 0.3 is 5.97 Å². The Morgan fingerprint density at radius 3 is 3.05 bits per heavy atom. The molecule has 1 N–H and O–H groups in total. The number of nitrogens with zero attached hydrogens (tertiary/aromatic N) is 1. The highest BCUT2D eigenvalue weighted by Gasteiger charge is 2.15. The SMILES string of the molecule is COC(=O)c1cc(CNc2ncccc2F)oc1C.